The number of rotatable bonds is 2. The van der Waals surface area contributed by atoms with Gasteiger partial charge in [-0.3, -0.25) is 4.65 Å². The fraction of sp³-hybridized carbons (Fsp3) is 0.467. The molecule has 5 nitrogen and oxygen atoms in total. The van der Waals surface area contributed by atoms with Crippen LogP contribution in [0.2, 0.25) is 0 Å². The lowest BCUT2D eigenvalue weighted by molar-refractivity contribution is -0.823. The molecule has 0 fully saturated rings. The molecule has 1 amide bonds. The molecule has 0 bridgehead atoms. The molecule has 0 aromatic heterocycles. The van der Waals surface area contributed by atoms with E-state index in [-0.39, 0.29) is 6.54 Å². The maximum Gasteiger partial charge on any atom is 0.366 e. The number of ether oxygens (including phenoxy) is 1. The van der Waals surface area contributed by atoms with E-state index in [0.717, 1.165) is 0 Å². The molecule has 0 saturated heterocycles. The van der Waals surface area contributed by atoms with E-state index < -0.39 is 28.2 Å². The van der Waals surface area contributed by atoms with Crippen LogP contribution in [0.25, 0.3) is 0 Å². The summed E-state index contributed by atoms with van der Waals surface area (Å²) in [6.07, 6.45) is 0. The van der Waals surface area contributed by atoms with Crippen LogP contribution in [0, 0.1) is 5.21 Å². The first-order valence-corrected chi connectivity index (χ1v) is 6.59. The van der Waals surface area contributed by atoms with Crippen molar-refractivity contribution in [1.82, 2.24) is 0 Å². The number of nitrogens with zero attached hydrogens (tertiary/aromatic N) is 1. The summed E-state index contributed by atoms with van der Waals surface area (Å²) < 4.78 is 4.02. The SMILES string of the molecule is C[C@@H](C(=O)OC(C)(C)C)[N+]1([O-])Cc2ccccc2C1=O. The normalized spacial score (nSPS) is 23.4. The molecular weight excluding hydrogens is 258 g/mol. The third kappa shape index (κ3) is 2.46. The molecule has 1 aliphatic heterocycles. The number of quaternary nitrogens is 1. The average Bonchev–Trinajstić information content (AvgIpc) is 2.60. The number of carbonyl (C=O) groups excluding carboxylic acids is 2. The largest absolute Gasteiger partial charge is 0.624 e. The van der Waals surface area contributed by atoms with Crippen LogP contribution >= 0.6 is 0 Å². The van der Waals surface area contributed by atoms with Crippen molar-refractivity contribution in [2.24, 2.45) is 0 Å². The Balaban J connectivity index is 2.25. The second kappa shape index (κ2) is 4.68. The quantitative estimate of drug-likeness (QED) is 0.473. The van der Waals surface area contributed by atoms with Gasteiger partial charge in [-0.2, -0.15) is 0 Å². The summed E-state index contributed by atoms with van der Waals surface area (Å²) in [5.74, 6) is -1.22. The van der Waals surface area contributed by atoms with Crippen molar-refractivity contribution >= 4 is 11.9 Å². The van der Waals surface area contributed by atoms with Gasteiger partial charge >= 0.3 is 11.9 Å². The lowest BCUT2D eigenvalue weighted by atomic mass is 10.1. The van der Waals surface area contributed by atoms with Gasteiger partial charge in [-0.05, 0) is 33.8 Å². The predicted molar refractivity (Wildman–Crippen MR) is 73.4 cm³/mol. The van der Waals surface area contributed by atoms with E-state index in [1.54, 1.807) is 45.0 Å². The topological polar surface area (TPSA) is 66.4 Å². The molecule has 0 N–H and O–H groups in total. The molecule has 1 heterocycles. The zero-order valence-electron chi connectivity index (χ0n) is 12.2. The van der Waals surface area contributed by atoms with E-state index >= 15 is 0 Å². The van der Waals surface area contributed by atoms with Gasteiger partial charge in [0.1, 0.15) is 12.1 Å². The van der Waals surface area contributed by atoms with Crippen LogP contribution in [-0.4, -0.2) is 28.2 Å². The first-order valence-electron chi connectivity index (χ1n) is 6.59. The lowest BCUT2D eigenvalue weighted by Crippen LogP contribution is -2.54. The molecule has 1 aromatic carbocycles. The monoisotopic (exact) mass is 277 g/mol. The highest BCUT2D eigenvalue weighted by Crippen LogP contribution is 2.32. The van der Waals surface area contributed by atoms with E-state index in [9.17, 15) is 14.8 Å². The first kappa shape index (κ1) is 14.7. The van der Waals surface area contributed by atoms with Crippen LogP contribution < -0.4 is 0 Å². The van der Waals surface area contributed by atoms with E-state index in [2.05, 4.69) is 0 Å². The minimum absolute atomic E-state index is 0.0184. The van der Waals surface area contributed by atoms with Crippen LogP contribution in [-0.2, 0) is 16.1 Å². The van der Waals surface area contributed by atoms with Crippen molar-refractivity contribution in [2.75, 3.05) is 0 Å². The second-order valence-electron chi connectivity index (χ2n) is 6.13. The maximum atomic E-state index is 12.8. The van der Waals surface area contributed by atoms with Gasteiger partial charge in [0.15, 0.2) is 6.04 Å². The fourth-order valence-electron chi connectivity index (χ4n) is 2.27. The van der Waals surface area contributed by atoms with Gasteiger partial charge in [-0.1, -0.05) is 18.2 Å². The van der Waals surface area contributed by atoms with Crippen molar-refractivity contribution < 1.29 is 19.0 Å². The van der Waals surface area contributed by atoms with E-state index in [4.69, 9.17) is 4.74 Å². The Bertz CT molecular complexity index is 561. The standard InChI is InChI=1S/C15H19NO4/c1-10(14(18)20-15(2,3)4)16(19)9-11-7-5-6-8-12(11)13(16)17/h5-8,10H,9H2,1-4H3/t10-,16?/m0/s1. The molecule has 5 heteroatoms. The molecule has 0 aliphatic carbocycles. The number of amides is 1. The van der Waals surface area contributed by atoms with Crippen molar-refractivity contribution in [3.05, 3.63) is 40.6 Å². The number of carbonyl (C=O) groups is 2. The summed E-state index contributed by atoms with van der Waals surface area (Å²) in [5.41, 5.74) is 0.404. The molecular formula is C15H19NO4. The maximum absolute atomic E-state index is 12.8. The van der Waals surface area contributed by atoms with Crippen LogP contribution in [0.4, 0.5) is 0 Å². The second-order valence-corrected chi connectivity index (χ2v) is 6.13. The Kier molecular flexibility index (Phi) is 3.44. The van der Waals surface area contributed by atoms with Crippen molar-refractivity contribution in [3.8, 4) is 0 Å². The molecule has 0 saturated carbocycles. The number of fused-ring (bicyclic) bond motifs is 1. The molecule has 108 valence electrons. The summed E-state index contributed by atoms with van der Waals surface area (Å²) in [4.78, 5) is 24.3. The minimum Gasteiger partial charge on any atom is -0.624 e. The highest BCUT2D eigenvalue weighted by atomic mass is 16.6. The molecule has 0 spiro atoms. The third-order valence-corrected chi connectivity index (χ3v) is 3.37. The van der Waals surface area contributed by atoms with Crippen LogP contribution in [0.5, 0.6) is 0 Å². The van der Waals surface area contributed by atoms with Gasteiger partial charge in [0.25, 0.3) is 0 Å². The zero-order valence-corrected chi connectivity index (χ0v) is 12.2. The number of esters is 1. The Morgan fingerprint density at radius 2 is 1.95 bits per heavy atom. The molecule has 2 rings (SSSR count). The molecule has 0 radical (unpaired) electrons. The highest BCUT2D eigenvalue weighted by molar-refractivity contribution is 5.94. The lowest BCUT2D eigenvalue weighted by Gasteiger charge is -2.40. The van der Waals surface area contributed by atoms with E-state index in [1.165, 1.54) is 6.92 Å². The smallest absolute Gasteiger partial charge is 0.366 e. The van der Waals surface area contributed by atoms with E-state index in [1.807, 2.05) is 0 Å². The molecule has 1 aromatic rings. The fourth-order valence-corrected chi connectivity index (χ4v) is 2.27. The molecule has 20 heavy (non-hydrogen) atoms. The van der Waals surface area contributed by atoms with Crippen molar-refractivity contribution in [2.45, 2.75) is 45.9 Å². The van der Waals surface area contributed by atoms with Gasteiger partial charge < -0.3 is 9.94 Å². The Morgan fingerprint density at radius 3 is 2.50 bits per heavy atom. The van der Waals surface area contributed by atoms with E-state index in [0.29, 0.717) is 11.1 Å². The van der Waals surface area contributed by atoms with Gasteiger partial charge in [-0.25, -0.2) is 9.59 Å². The van der Waals surface area contributed by atoms with Gasteiger partial charge in [0.05, 0.1) is 5.56 Å². The van der Waals surface area contributed by atoms with Gasteiger partial charge in [-0.15, -0.1) is 0 Å². The Morgan fingerprint density at radius 1 is 1.35 bits per heavy atom. The van der Waals surface area contributed by atoms with Crippen LogP contribution in [0.15, 0.2) is 24.3 Å². The summed E-state index contributed by atoms with van der Waals surface area (Å²) in [6, 6.07) is 5.78. The van der Waals surface area contributed by atoms with Crippen LogP contribution in [0.1, 0.15) is 43.6 Å². The number of hydrogen-bond donors (Lipinski definition) is 0. The summed E-state index contributed by atoms with van der Waals surface area (Å²) in [5, 5.41) is 12.8. The van der Waals surface area contributed by atoms with Crippen LogP contribution in [0.3, 0.4) is 0 Å². The third-order valence-electron chi connectivity index (χ3n) is 3.37. The Hall–Kier alpha value is -1.72. The summed E-state index contributed by atoms with van der Waals surface area (Å²) in [7, 11) is 0. The number of hydrogen-bond acceptors (Lipinski definition) is 4. The first-order chi connectivity index (χ1) is 9.15. The highest BCUT2D eigenvalue weighted by Gasteiger charge is 2.46. The molecule has 2 atom stereocenters. The summed E-state index contributed by atoms with van der Waals surface area (Å²) >= 11 is 0. The minimum atomic E-state index is -1.20. The predicted octanol–water partition coefficient (Wildman–Crippen LogP) is 2.39. The van der Waals surface area contributed by atoms with Gasteiger partial charge in [0.2, 0.25) is 0 Å². The van der Waals surface area contributed by atoms with Crippen molar-refractivity contribution in [3.63, 3.8) is 0 Å². The Labute approximate surface area is 118 Å². The zero-order chi connectivity index (χ0) is 15.1. The van der Waals surface area contributed by atoms with Crippen molar-refractivity contribution in [1.29, 1.82) is 0 Å². The number of benzene rings is 1. The average molecular weight is 277 g/mol. The summed E-state index contributed by atoms with van der Waals surface area (Å²) in [6.45, 7) is 6.62. The molecule has 1 aliphatic rings. The molecule has 1 unspecified atom stereocenters. The van der Waals surface area contributed by atoms with Gasteiger partial charge in [0, 0.05) is 5.56 Å². The number of hydroxylamine groups is 3.